The molecule has 0 spiro atoms. The first-order chi connectivity index (χ1) is 14.7. The van der Waals surface area contributed by atoms with Crippen molar-refractivity contribution in [1.82, 2.24) is 0 Å². The van der Waals surface area contributed by atoms with E-state index in [4.69, 9.17) is 4.74 Å². The SMILES string of the molecule is CC(C)=CCC/C(C)=C/Cc1cc(O)c(O)cc1[C@@H]1CC(=O)c2c(O)cc(O)cc2O1. The van der Waals surface area contributed by atoms with Crippen molar-refractivity contribution in [2.45, 2.75) is 52.6 Å². The first-order valence-corrected chi connectivity index (χ1v) is 10.2. The van der Waals surface area contributed by atoms with Crippen molar-refractivity contribution in [2.24, 2.45) is 0 Å². The number of hydrogen-bond acceptors (Lipinski definition) is 6. The van der Waals surface area contributed by atoms with Crippen LogP contribution in [0.3, 0.4) is 0 Å². The highest BCUT2D eigenvalue weighted by atomic mass is 16.5. The zero-order valence-electron chi connectivity index (χ0n) is 18.0. The number of benzene rings is 2. The van der Waals surface area contributed by atoms with Gasteiger partial charge < -0.3 is 25.2 Å². The van der Waals surface area contributed by atoms with Gasteiger partial charge in [-0.3, -0.25) is 4.79 Å². The van der Waals surface area contributed by atoms with Crippen LogP contribution in [0.15, 0.2) is 47.6 Å². The molecule has 0 saturated carbocycles. The monoisotopic (exact) mass is 424 g/mol. The second-order valence-electron chi connectivity index (χ2n) is 8.19. The molecule has 2 aromatic rings. The second-order valence-corrected chi connectivity index (χ2v) is 8.19. The molecule has 0 fully saturated rings. The number of allylic oxidation sites excluding steroid dienone is 4. The molecule has 2 aromatic carbocycles. The second kappa shape index (κ2) is 9.16. The quantitative estimate of drug-likeness (QED) is 0.363. The van der Waals surface area contributed by atoms with Gasteiger partial charge in [-0.2, -0.15) is 0 Å². The average molecular weight is 424 g/mol. The van der Waals surface area contributed by atoms with Crippen molar-refractivity contribution in [2.75, 3.05) is 0 Å². The Hall–Kier alpha value is -3.41. The van der Waals surface area contributed by atoms with Crippen molar-refractivity contribution in [3.8, 4) is 28.7 Å². The number of hydrogen-bond donors (Lipinski definition) is 4. The third kappa shape index (κ3) is 5.20. The van der Waals surface area contributed by atoms with E-state index in [1.165, 1.54) is 29.3 Å². The van der Waals surface area contributed by atoms with Gasteiger partial charge in [0.2, 0.25) is 0 Å². The highest BCUT2D eigenvalue weighted by molar-refractivity contribution is 6.02. The van der Waals surface area contributed by atoms with E-state index in [0.29, 0.717) is 12.0 Å². The zero-order valence-corrected chi connectivity index (χ0v) is 18.0. The van der Waals surface area contributed by atoms with Crippen LogP contribution in [0.2, 0.25) is 0 Å². The molecule has 0 aromatic heterocycles. The van der Waals surface area contributed by atoms with Gasteiger partial charge in [-0.25, -0.2) is 0 Å². The fourth-order valence-corrected chi connectivity index (χ4v) is 3.69. The molecular weight excluding hydrogens is 396 g/mol. The lowest BCUT2D eigenvalue weighted by atomic mass is 9.91. The molecule has 1 atom stereocenters. The maximum absolute atomic E-state index is 12.7. The maximum atomic E-state index is 12.7. The molecule has 0 amide bonds. The number of phenolic OH excluding ortho intramolecular Hbond substituents is 4. The van der Waals surface area contributed by atoms with E-state index >= 15 is 0 Å². The fourth-order valence-electron chi connectivity index (χ4n) is 3.69. The minimum Gasteiger partial charge on any atom is -0.508 e. The number of phenols is 4. The van der Waals surface area contributed by atoms with E-state index in [1.807, 2.05) is 6.92 Å². The topological polar surface area (TPSA) is 107 Å². The lowest BCUT2D eigenvalue weighted by Crippen LogP contribution is -2.21. The van der Waals surface area contributed by atoms with Crippen LogP contribution in [0.4, 0.5) is 0 Å². The van der Waals surface area contributed by atoms with Crippen LogP contribution in [0.1, 0.15) is 67.6 Å². The van der Waals surface area contributed by atoms with Crippen molar-refractivity contribution >= 4 is 5.78 Å². The van der Waals surface area contributed by atoms with Gasteiger partial charge >= 0.3 is 0 Å². The molecule has 6 heteroatoms. The molecule has 164 valence electrons. The maximum Gasteiger partial charge on any atom is 0.174 e. The normalized spacial score (nSPS) is 15.9. The highest BCUT2D eigenvalue weighted by Crippen LogP contribution is 2.43. The summed E-state index contributed by atoms with van der Waals surface area (Å²) in [5.41, 5.74) is 3.80. The lowest BCUT2D eigenvalue weighted by molar-refractivity contribution is 0.0843. The van der Waals surface area contributed by atoms with Gasteiger partial charge in [-0.05, 0) is 57.7 Å². The van der Waals surface area contributed by atoms with Gasteiger partial charge in [-0.1, -0.05) is 23.3 Å². The first kappa shape index (κ1) is 22.3. The van der Waals surface area contributed by atoms with E-state index in [1.54, 1.807) is 0 Å². The number of carbonyl (C=O) groups is 1. The van der Waals surface area contributed by atoms with Gasteiger partial charge in [-0.15, -0.1) is 0 Å². The van der Waals surface area contributed by atoms with E-state index in [0.717, 1.165) is 24.5 Å². The predicted octanol–water partition coefficient (Wildman–Crippen LogP) is 5.45. The summed E-state index contributed by atoms with van der Waals surface area (Å²) in [6, 6.07) is 5.27. The van der Waals surface area contributed by atoms with Crippen LogP contribution in [-0.2, 0) is 6.42 Å². The highest BCUT2D eigenvalue weighted by Gasteiger charge is 2.32. The predicted molar refractivity (Wildman–Crippen MR) is 118 cm³/mol. The van der Waals surface area contributed by atoms with Gasteiger partial charge in [0.05, 0.1) is 6.42 Å². The first-order valence-electron chi connectivity index (χ1n) is 10.2. The number of Topliss-reactive ketones (excluding diaryl/α,β-unsaturated/α-hetero) is 1. The van der Waals surface area contributed by atoms with E-state index in [-0.39, 0.29) is 46.5 Å². The Bertz CT molecular complexity index is 1060. The summed E-state index contributed by atoms with van der Waals surface area (Å²) < 4.78 is 5.92. The standard InChI is InChI=1S/C25H28O6/c1-14(2)5-4-6-15(3)7-8-16-9-19(27)20(28)12-18(16)23-13-22(30)25-21(29)10-17(26)11-24(25)31-23/h5,7,9-12,23,26-29H,4,6,8,13H2,1-3H3/b15-7+/t23-/m0/s1. The molecule has 0 bridgehead atoms. The molecule has 1 heterocycles. The summed E-state index contributed by atoms with van der Waals surface area (Å²) in [5.74, 6) is -1.33. The van der Waals surface area contributed by atoms with Crippen LogP contribution >= 0.6 is 0 Å². The number of aromatic hydroxyl groups is 4. The number of carbonyl (C=O) groups excluding carboxylic acids is 1. The summed E-state index contributed by atoms with van der Waals surface area (Å²) in [5, 5.41) is 39.8. The smallest absolute Gasteiger partial charge is 0.174 e. The number of ether oxygens (including phenoxy) is 1. The van der Waals surface area contributed by atoms with Gasteiger partial charge in [0, 0.05) is 17.7 Å². The van der Waals surface area contributed by atoms with Crippen molar-refractivity contribution in [3.63, 3.8) is 0 Å². The van der Waals surface area contributed by atoms with Crippen molar-refractivity contribution in [3.05, 3.63) is 64.3 Å². The summed E-state index contributed by atoms with van der Waals surface area (Å²) in [6.45, 7) is 6.17. The van der Waals surface area contributed by atoms with E-state index in [9.17, 15) is 25.2 Å². The molecule has 3 rings (SSSR count). The fraction of sp³-hybridized carbons (Fsp3) is 0.320. The van der Waals surface area contributed by atoms with E-state index in [2.05, 4.69) is 26.0 Å². The molecule has 0 saturated heterocycles. The van der Waals surface area contributed by atoms with Crippen LogP contribution in [0.5, 0.6) is 28.7 Å². The number of rotatable bonds is 6. The molecule has 0 aliphatic carbocycles. The third-order valence-corrected chi connectivity index (χ3v) is 5.33. The summed E-state index contributed by atoms with van der Waals surface area (Å²) >= 11 is 0. The Morgan fingerprint density at radius 2 is 1.71 bits per heavy atom. The minimum absolute atomic E-state index is 0.0358. The molecule has 0 unspecified atom stereocenters. The van der Waals surface area contributed by atoms with E-state index < -0.39 is 6.10 Å². The largest absolute Gasteiger partial charge is 0.508 e. The molecular formula is C25H28O6. The Labute approximate surface area is 181 Å². The Morgan fingerprint density at radius 3 is 2.42 bits per heavy atom. The Morgan fingerprint density at radius 1 is 1.00 bits per heavy atom. The zero-order chi connectivity index (χ0) is 22.7. The molecule has 1 aliphatic rings. The van der Waals surface area contributed by atoms with Gasteiger partial charge in [0.1, 0.15) is 28.9 Å². The summed E-state index contributed by atoms with van der Waals surface area (Å²) in [4.78, 5) is 12.7. The summed E-state index contributed by atoms with van der Waals surface area (Å²) in [6.07, 6.45) is 5.84. The molecule has 0 radical (unpaired) electrons. The molecule has 31 heavy (non-hydrogen) atoms. The Balaban J connectivity index is 1.90. The van der Waals surface area contributed by atoms with Crippen molar-refractivity contribution < 1.29 is 30.0 Å². The Kier molecular flexibility index (Phi) is 6.59. The molecule has 4 N–H and O–H groups in total. The molecule has 6 nitrogen and oxygen atoms in total. The lowest BCUT2D eigenvalue weighted by Gasteiger charge is -2.27. The van der Waals surface area contributed by atoms with Gasteiger partial charge in [0.15, 0.2) is 17.3 Å². The summed E-state index contributed by atoms with van der Waals surface area (Å²) in [7, 11) is 0. The average Bonchev–Trinajstić information content (AvgIpc) is 2.67. The van der Waals surface area contributed by atoms with Crippen molar-refractivity contribution in [1.29, 1.82) is 0 Å². The van der Waals surface area contributed by atoms with Crippen LogP contribution < -0.4 is 4.74 Å². The third-order valence-electron chi connectivity index (χ3n) is 5.33. The van der Waals surface area contributed by atoms with Crippen LogP contribution in [0.25, 0.3) is 0 Å². The number of fused-ring (bicyclic) bond motifs is 1. The van der Waals surface area contributed by atoms with Gasteiger partial charge in [0.25, 0.3) is 0 Å². The molecule has 1 aliphatic heterocycles. The van der Waals surface area contributed by atoms with Crippen LogP contribution in [-0.4, -0.2) is 26.2 Å². The van der Waals surface area contributed by atoms with Crippen LogP contribution in [0, 0.1) is 0 Å². The number of ketones is 1. The minimum atomic E-state index is -0.720.